The highest BCUT2D eigenvalue weighted by Crippen LogP contribution is 2.30. The third kappa shape index (κ3) is 3.30. The van der Waals surface area contributed by atoms with Gasteiger partial charge < -0.3 is 10.4 Å². The molecule has 3 nitrogen and oxygen atoms in total. The van der Waals surface area contributed by atoms with E-state index in [1.165, 1.54) is 4.88 Å². The van der Waals surface area contributed by atoms with E-state index in [9.17, 15) is 9.90 Å². The van der Waals surface area contributed by atoms with Crippen LogP contribution in [0, 0.1) is 5.92 Å². The van der Waals surface area contributed by atoms with Crippen molar-refractivity contribution in [3.8, 4) is 0 Å². The third-order valence-electron chi connectivity index (χ3n) is 3.41. The van der Waals surface area contributed by atoms with Gasteiger partial charge in [-0.2, -0.15) is 0 Å². The highest BCUT2D eigenvalue weighted by atomic mass is 32.1. The molecule has 0 saturated heterocycles. The summed E-state index contributed by atoms with van der Waals surface area (Å²) in [6.07, 6.45) is 3.47. The maximum atomic E-state index is 11.8. The summed E-state index contributed by atoms with van der Waals surface area (Å²) in [6, 6.07) is 4.05. The molecule has 1 heterocycles. The van der Waals surface area contributed by atoms with Crippen molar-refractivity contribution in [2.24, 2.45) is 5.92 Å². The topological polar surface area (TPSA) is 49.3 Å². The fourth-order valence-corrected chi connectivity index (χ4v) is 2.85. The zero-order chi connectivity index (χ0) is 12.3. The molecule has 1 aliphatic carbocycles. The highest BCUT2D eigenvalue weighted by molar-refractivity contribution is 7.09. The quantitative estimate of drug-likeness (QED) is 0.842. The van der Waals surface area contributed by atoms with E-state index in [1.54, 1.807) is 11.3 Å². The van der Waals surface area contributed by atoms with Crippen LogP contribution in [0.5, 0.6) is 0 Å². The molecule has 1 fully saturated rings. The Hall–Kier alpha value is -0.870. The molecule has 2 rings (SSSR count). The highest BCUT2D eigenvalue weighted by Gasteiger charge is 2.34. The van der Waals surface area contributed by atoms with E-state index in [4.69, 9.17) is 0 Å². The van der Waals surface area contributed by atoms with Crippen LogP contribution in [0.25, 0.3) is 0 Å². The Bertz CT molecular complexity index is 371. The molecule has 1 unspecified atom stereocenters. The molecule has 1 aliphatic rings. The lowest BCUT2D eigenvalue weighted by molar-refractivity contribution is -0.126. The Morgan fingerprint density at radius 2 is 2.41 bits per heavy atom. The van der Waals surface area contributed by atoms with Crippen molar-refractivity contribution in [2.75, 3.05) is 6.54 Å². The number of nitrogens with one attached hydrogen (secondary N) is 1. The van der Waals surface area contributed by atoms with E-state index in [0.717, 1.165) is 25.7 Å². The molecule has 0 spiro atoms. The van der Waals surface area contributed by atoms with E-state index in [2.05, 4.69) is 5.32 Å². The Labute approximate surface area is 106 Å². The molecule has 1 aromatic rings. The lowest BCUT2D eigenvalue weighted by Gasteiger charge is -2.36. The van der Waals surface area contributed by atoms with Crippen molar-refractivity contribution >= 4 is 17.2 Å². The van der Waals surface area contributed by atoms with Crippen LogP contribution < -0.4 is 5.32 Å². The Morgan fingerprint density at radius 1 is 1.65 bits per heavy atom. The Balaban J connectivity index is 1.75. The average Bonchev–Trinajstić information content (AvgIpc) is 2.75. The van der Waals surface area contributed by atoms with Crippen LogP contribution in [0.1, 0.15) is 31.1 Å². The zero-order valence-corrected chi connectivity index (χ0v) is 10.9. The standard InChI is InChI=1S/C13H19NO2S/c1-10(8-11-4-2-7-17-11)12(15)14-9-13(16)5-3-6-13/h2,4,7,10,16H,3,5-6,8-9H2,1H3,(H,14,15). The first-order valence-electron chi connectivity index (χ1n) is 6.11. The van der Waals surface area contributed by atoms with Gasteiger partial charge in [0.2, 0.25) is 5.91 Å². The first-order valence-corrected chi connectivity index (χ1v) is 6.99. The van der Waals surface area contributed by atoms with Crippen LogP contribution in [0.3, 0.4) is 0 Å². The van der Waals surface area contributed by atoms with E-state index >= 15 is 0 Å². The first-order chi connectivity index (χ1) is 8.09. The number of carbonyl (C=O) groups is 1. The van der Waals surface area contributed by atoms with Gasteiger partial charge in [0.25, 0.3) is 0 Å². The molecule has 0 bridgehead atoms. The second-order valence-electron chi connectivity index (χ2n) is 4.98. The van der Waals surface area contributed by atoms with Crippen molar-refractivity contribution in [1.29, 1.82) is 0 Å². The molecule has 4 heteroatoms. The SMILES string of the molecule is CC(Cc1cccs1)C(=O)NCC1(O)CCC1. The molecule has 1 saturated carbocycles. The minimum Gasteiger partial charge on any atom is -0.388 e. The minimum atomic E-state index is -0.627. The third-order valence-corrected chi connectivity index (χ3v) is 4.31. The monoisotopic (exact) mass is 253 g/mol. The summed E-state index contributed by atoms with van der Waals surface area (Å²) in [6.45, 7) is 2.33. The van der Waals surface area contributed by atoms with Gasteiger partial charge in [-0.25, -0.2) is 0 Å². The van der Waals surface area contributed by atoms with Gasteiger partial charge in [0.05, 0.1) is 5.60 Å². The molecule has 2 N–H and O–H groups in total. The molecule has 1 amide bonds. The molecular weight excluding hydrogens is 234 g/mol. The minimum absolute atomic E-state index is 0.0303. The fourth-order valence-electron chi connectivity index (χ4n) is 2.01. The van der Waals surface area contributed by atoms with E-state index < -0.39 is 5.60 Å². The lowest BCUT2D eigenvalue weighted by atomic mass is 9.80. The number of thiophene rings is 1. The summed E-state index contributed by atoms with van der Waals surface area (Å²) >= 11 is 1.68. The first kappa shape index (κ1) is 12.6. The van der Waals surface area contributed by atoms with Crippen molar-refractivity contribution in [3.63, 3.8) is 0 Å². The molecule has 17 heavy (non-hydrogen) atoms. The van der Waals surface area contributed by atoms with Gasteiger partial charge in [0.1, 0.15) is 0 Å². The van der Waals surface area contributed by atoms with Crippen LogP contribution in [-0.2, 0) is 11.2 Å². The van der Waals surface area contributed by atoms with Crippen LogP contribution >= 0.6 is 11.3 Å². The largest absolute Gasteiger partial charge is 0.388 e. The van der Waals surface area contributed by atoms with Crippen molar-refractivity contribution in [3.05, 3.63) is 22.4 Å². The number of amides is 1. The van der Waals surface area contributed by atoms with Gasteiger partial charge in [-0.3, -0.25) is 4.79 Å². The zero-order valence-electron chi connectivity index (χ0n) is 10.1. The fraction of sp³-hybridized carbons (Fsp3) is 0.615. The van der Waals surface area contributed by atoms with Gasteiger partial charge in [-0.15, -0.1) is 11.3 Å². The number of hydrogen-bond acceptors (Lipinski definition) is 3. The van der Waals surface area contributed by atoms with Gasteiger partial charge >= 0.3 is 0 Å². The van der Waals surface area contributed by atoms with E-state index in [0.29, 0.717) is 6.54 Å². The Kier molecular flexibility index (Phi) is 3.84. The summed E-state index contributed by atoms with van der Waals surface area (Å²) < 4.78 is 0. The summed E-state index contributed by atoms with van der Waals surface area (Å²) in [4.78, 5) is 13.1. The van der Waals surface area contributed by atoms with E-state index in [1.807, 2.05) is 24.4 Å². The Morgan fingerprint density at radius 3 is 2.94 bits per heavy atom. The summed E-state index contributed by atoms with van der Waals surface area (Å²) in [5.74, 6) is 0.0102. The smallest absolute Gasteiger partial charge is 0.223 e. The van der Waals surface area contributed by atoms with Crippen molar-refractivity contribution in [2.45, 2.75) is 38.2 Å². The molecule has 1 atom stereocenters. The lowest BCUT2D eigenvalue weighted by Crippen LogP contribution is -2.48. The van der Waals surface area contributed by atoms with Crippen molar-refractivity contribution < 1.29 is 9.90 Å². The molecular formula is C13H19NO2S. The number of rotatable bonds is 5. The molecule has 94 valence electrons. The molecule has 0 aromatic carbocycles. The van der Waals surface area contributed by atoms with Crippen LogP contribution in [0.15, 0.2) is 17.5 Å². The molecule has 1 aromatic heterocycles. The van der Waals surface area contributed by atoms with E-state index in [-0.39, 0.29) is 11.8 Å². The summed E-state index contributed by atoms with van der Waals surface area (Å²) in [5, 5.41) is 14.8. The van der Waals surface area contributed by atoms with Gasteiger partial charge in [0, 0.05) is 17.3 Å². The average molecular weight is 253 g/mol. The van der Waals surface area contributed by atoms with Crippen LogP contribution in [0.2, 0.25) is 0 Å². The summed E-state index contributed by atoms with van der Waals surface area (Å²) in [7, 11) is 0. The van der Waals surface area contributed by atoms with Gasteiger partial charge in [-0.05, 0) is 37.1 Å². The predicted octanol–water partition coefficient (Wildman–Crippen LogP) is 1.96. The van der Waals surface area contributed by atoms with Crippen LogP contribution in [0.4, 0.5) is 0 Å². The molecule has 0 aliphatic heterocycles. The maximum absolute atomic E-state index is 11.8. The number of carbonyl (C=O) groups excluding carboxylic acids is 1. The number of aliphatic hydroxyl groups is 1. The second-order valence-corrected chi connectivity index (χ2v) is 6.01. The van der Waals surface area contributed by atoms with Gasteiger partial charge in [-0.1, -0.05) is 13.0 Å². The predicted molar refractivity (Wildman–Crippen MR) is 69.0 cm³/mol. The van der Waals surface area contributed by atoms with Gasteiger partial charge in [0.15, 0.2) is 0 Å². The second kappa shape index (κ2) is 5.19. The maximum Gasteiger partial charge on any atom is 0.223 e. The summed E-state index contributed by atoms with van der Waals surface area (Å²) in [5.41, 5.74) is -0.627. The molecule has 0 radical (unpaired) electrons. The normalized spacial score (nSPS) is 19.4. The van der Waals surface area contributed by atoms with Crippen LogP contribution in [-0.4, -0.2) is 23.2 Å². The number of hydrogen-bond donors (Lipinski definition) is 2. The van der Waals surface area contributed by atoms with Crippen molar-refractivity contribution in [1.82, 2.24) is 5.32 Å².